The Bertz CT molecular complexity index is 794. The van der Waals surface area contributed by atoms with Crippen molar-refractivity contribution in [2.45, 2.75) is 32.8 Å². The molecule has 0 aliphatic heterocycles. The molecule has 0 unspecified atom stereocenters. The molecule has 7 heteroatoms. The molecule has 1 aromatic carbocycles. The molecule has 0 saturated heterocycles. The van der Waals surface area contributed by atoms with E-state index in [0.717, 1.165) is 29.3 Å². The number of ether oxygens (including phenoxy) is 3. The van der Waals surface area contributed by atoms with Crippen LogP contribution in [-0.4, -0.2) is 30.6 Å². The van der Waals surface area contributed by atoms with Gasteiger partial charge in [0.05, 0.1) is 13.7 Å². The molecule has 0 atom stereocenters. The van der Waals surface area contributed by atoms with Gasteiger partial charge >= 0.3 is 11.9 Å². The summed E-state index contributed by atoms with van der Waals surface area (Å²) in [5, 5.41) is 0. The summed E-state index contributed by atoms with van der Waals surface area (Å²) < 4.78 is 16.6. The highest BCUT2D eigenvalue weighted by Crippen LogP contribution is 2.24. The molecule has 1 heterocycles. The first-order valence-electron chi connectivity index (χ1n) is 8.69. The Kier molecular flexibility index (Phi) is 8.26. The second-order valence-corrected chi connectivity index (χ2v) is 6.70. The van der Waals surface area contributed by atoms with Crippen LogP contribution < -0.4 is 4.74 Å². The minimum atomic E-state index is -0.624. The second-order valence-electron chi connectivity index (χ2n) is 5.78. The van der Waals surface area contributed by atoms with Gasteiger partial charge in [-0.05, 0) is 30.7 Å². The number of benzene rings is 1. The molecule has 0 fully saturated rings. The van der Waals surface area contributed by atoms with Crippen molar-refractivity contribution in [3.8, 4) is 5.75 Å². The van der Waals surface area contributed by atoms with Crippen molar-refractivity contribution in [3.63, 3.8) is 0 Å². The molecule has 0 radical (unpaired) electrons. The topological polar surface area (TPSA) is 74.7 Å². The van der Waals surface area contributed by atoms with Crippen LogP contribution in [-0.2, 0) is 16.1 Å². The fourth-order valence-electron chi connectivity index (χ4n) is 2.31. The highest BCUT2D eigenvalue weighted by molar-refractivity contribution is 9.10. The predicted molar refractivity (Wildman–Crippen MR) is 104 cm³/mol. The van der Waals surface area contributed by atoms with Crippen molar-refractivity contribution >= 4 is 27.9 Å². The van der Waals surface area contributed by atoms with E-state index in [1.165, 1.54) is 12.1 Å². The van der Waals surface area contributed by atoms with Gasteiger partial charge in [-0.2, -0.15) is 0 Å². The SMILES string of the molecule is CCCCCOC(=O)c1cccc(C(=O)OCc2ccc(Br)cc2OC)n1. The lowest BCUT2D eigenvalue weighted by Gasteiger charge is -2.10. The molecule has 2 rings (SSSR count). The van der Waals surface area contributed by atoms with Crippen LogP contribution in [0.1, 0.15) is 52.7 Å². The predicted octanol–water partition coefficient (Wildman–Crippen LogP) is 4.56. The summed E-state index contributed by atoms with van der Waals surface area (Å²) in [7, 11) is 1.55. The van der Waals surface area contributed by atoms with Gasteiger partial charge in [-0.1, -0.05) is 47.8 Å². The largest absolute Gasteiger partial charge is 0.496 e. The number of hydrogen-bond acceptors (Lipinski definition) is 6. The summed E-state index contributed by atoms with van der Waals surface area (Å²) in [5.74, 6) is -0.564. The molecule has 0 saturated carbocycles. The molecule has 2 aromatic rings. The zero-order chi connectivity index (χ0) is 19.6. The number of halogens is 1. The van der Waals surface area contributed by atoms with E-state index in [1.807, 2.05) is 6.07 Å². The molecule has 27 heavy (non-hydrogen) atoms. The maximum Gasteiger partial charge on any atom is 0.357 e. The molecule has 0 spiro atoms. The minimum absolute atomic E-state index is 0.0304. The van der Waals surface area contributed by atoms with E-state index in [9.17, 15) is 9.59 Å². The van der Waals surface area contributed by atoms with E-state index in [1.54, 1.807) is 25.3 Å². The first-order valence-corrected chi connectivity index (χ1v) is 9.48. The summed E-state index contributed by atoms with van der Waals surface area (Å²) in [5.41, 5.74) is 0.858. The summed E-state index contributed by atoms with van der Waals surface area (Å²) in [4.78, 5) is 28.3. The molecular weight excluding hydrogens is 414 g/mol. The molecule has 144 valence electrons. The van der Waals surface area contributed by atoms with E-state index in [2.05, 4.69) is 27.8 Å². The van der Waals surface area contributed by atoms with E-state index >= 15 is 0 Å². The molecule has 1 aromatic heterocycles. The Morgan fingerprint density at radius 1 is 1.04 bits per heavy atom. The Hall–Kier alpha value is -2.41. The van der Waals surface area contributed by atoms with Gasteiger partial charge in [0.1, 0.15) is 23.7 Å². The number of carbonyl (C=O) groups is 2. The number of rotatable bonds is 9. The highest BCUT2D eigenvalue weighted by Gasteiger charge is 2.15. The van der Waals surface area contributed by atoms with Gasteiger partial charge in [0, 0.05) is 10.0 Å². The standard InChI is InChI=1S/C20H22BrNO5/c1-3-4-5-11-26-19(23)16-7-6-8-17(22-16)20(24)27-13-14-9-10-15(21)12-18(14)25-2/h6-10,12H,3-5,11,13H2,1-2H3. The van der Waals surface area contributed by atoms with Crippen LogP contribution in [0.5, 0.6) is 5.75 Å². The van der Waals surface area contributed by atoms with Crippen LogP contribution in [0.3, 0.4) is 0 Å². The van der Waals surface area contributed by atoms with Gasteiger partial charge in [-0.3, -0.25) is 0 Å². The Balaban J connectivity index is 1.98. The zero-order valence-electron chi connectivity index (χ0n) is 15.4. The van der Waals surface area contributed by atoms with Crippen LogP contribution in [0, 0.1) is 0 Å². The van der Waals surface area contributed by atoms with Crippen LogP contribution in [0.4, 0.5) is 0 Å². The van der Waals surface area contributed by atoms with Crippen molar-refractivity contribution in [2.75, 3.05) is 13.7 Å². The maximum absolute atomic E-state index is 12.3. The van der Waals surface area contributed by atoms with Crippen LogP contribution in [0.15, 0.2) is 40.9 Å². The summed E-state index contributed by atoms with van der Waals surface area (Å²) in [6.45, 7) is 2.44. The number of hydrogen-bond donors (Lipinski definition) is 0. The average molecular weight is 436 g/mol. The molecule has 0 aliphatic rings. The van der Waals surface area contributed by atoms with E-state index in [0.29, 0.717) is 12.4 Å². The average Bonchev–Trinajstić information content (AvgIpc) is 2.69. The van der Waals surface area contributed by atoms with Gasteiger partial charge < -0.3 is 14.2 Å². The number of aromatic nitrogens is 1. The van der Waals surface area contributed by atoms with E-state index < -0.39 is 11.9 Å². The molecule has 0 N–H and O–H groups in total. The fraction of sp³-hybridized carbons (Fsp3) is 0.350. The van der Waals surface area contributed by atoms with Crippen LogP contribution in [0.2, 0.25) is 0 Å². The Morgan fingerprint density at radius 3 is 2.41 bits per heavy atom. The number of unbranched alkanes of at least 4 members (excludes halogenated alkanes) is 2. The molecule has 0 bridgehead atoms. The summed E-state index contributed by atoms with van der Waals surface area (Å²) >= 11 is 3.36. The van der Waals surface area contributed by atoms with Crippen molar-refractivity contribution in [1.82, 2.24) is 4.98 Å². The van der Waals surface area contributed by atoms with Gasteiger partial charge in [0.15, 0.2) is 0 Å². The third kappa shape index (κ3) is 6.36. The molecular formula is C20H22BrNO5. The van der Waals surface area contributed by atoms with E-state index in [-0.39, 0.29) is 18.0 Å². The van der Waals surface area contributed by atoms with E-state index in [4.69, 9.17) is 14.2 Å². The van der Waals surface area contributed by atoms with Crippen LogP contribution >= 0.6 is 15.9 Å². The lowest BCUT2D eigenvalue weighted by Crippen LogP contribution is -2.13. The molecule has 0 aliphatic carbocycles. The van der Waals surface area contributed by atoms with Gasteiger partial charge in [-0.15, -0.1) is 0 Å². The number of nitrogens with zero attached hydrogens (tertiary/aromatic N) is 1. The monoisotopic (exact) mass is 435 g/mol. The zero-order valence-corrected chi connectivity index (χ0v) is 17.0. The van der Waals surface area contributed by atoms with Gasteiger partial charge in [-0.25, -0.2) is 14.6 Å². The first kappa shape index (κ1) is 20.9. The highest BCUT2D eigenvalue weighted by atomic mass is 79.9. The maximum atomic E-state index is 12.3. The third-order valence-electron chi connectivity index (χ3n) is 3.76. The number of carbonyl (C=O) groups excluding carboxylic acids is 2. The third-order valence-corrected chi connectivity index (χ3v) is 4.25. The smallest absolute Gasteiger partial charge is 0.357 e. The first-order chi connectivity index (χ1) is 13.0. The van der Waals surface area contributed by atoms with Crippen molar-refractivity contribution in [3.05, 3.63) is 57.8 Å². The number of pyridine rings is 1. The van der Waals surface area contributed by atoms with Gasteiger partial charge in [0.25, 0.3) is 0 Å². The number of methoxy groups -OCH3 is 1. The quantitative estimate of drug-likeness (QED) is 0.424. The lowest BCUT2D eigenvalue weighted by molar-refractivity contribution is 0.0460. The minimum Gasteiger partial charge on any atom is -0.496 e. The van der Waals surface area contributed by atoms with Crippen molar-refractivity contribution in [1.29, 1.82) is 0 Å². The summed E-state index contributed by atoms with van der Waals surface area (Å²) in [6, 6.07) is 10.0. The number of esters is 2. The van der Waals surface area contributed by atoms with Gasteiger partial charge in [0.2, 0.25) is 0 Å². The normalized spacial score (nSPS) is 10.3. The second kappa shape index (κ2) is 10.7. The summed E-state index contributed by atoms with van der Waals surface area (Å²) in [6.07, 6.45) is 2.84. The van der Waals surface area contributed by atoms with Crippen molar-refractivity contribution in [2.24, 2.45) is 0 Å². The molecule has 0 amide bonds. The van der Waals surface area contributed by atoms with Crippen molar-refractivity contribution < 1.29 is 23.8 Å². The van der Waals surface area contributed by atoms with Crippen LogP contribution in [0.25, 0.3) is 0 Å². The Morgan fingerprint density at radius 2 is 1.74 bits per heavy atom. The lowest BCUT2D eigenvalue weighted by atomic mass is 10.2. The fourth-order valence-corrected chi connectivity index (χ4v) is 2.65. The Labute approximate surface area is 167 Å². The molecule has 6 nitrogen and oxygen atoms in total.